The van der Waals surface area contributed by atoms with Gasteiger partial charge in [0.15, 0.2) is 0 Å². The number of aliphatic hydroxyl groups is 1. The molecular weight excluding hydrogens is 266 g/mol. The SMILES string of the molecule is Cc1ccc(N(C)CO)c2ccc(S(=O)(=O)O)cc12. The van der Waals surface area contributed by atoms with Crippen LogP contribution in [0.1, 0.15) is 5.56 Å². The van der Waals surface area contributed by atoms with Crippen LogP contribution in [0.15, 0.2) is 35.2 Å². The molecule has 0 aliphatic rings. The molecule has 2 N–H and O–H groups in total. The second-order valence-corrected chi connectivity index (χ2v) is 5.84. The van der Waals surface area contributed by atoms with E-state index in [1.165, 1.54) is 12.1 Å². The summed E-state index contributed by atoms with van der Waals surface area (Å²) in [7, 11) is -2.48. The molecule has 2 rings (SSSR count). The molecule has 0 saturated heterocycles. The molecule has 0 spiro atoms. The van der Waals surface area contributed by atoms with Gasteiger partial charge >= 0.3 is 0 Å². The minimum Gasteiger partial charge on any atom is -0.376 e. The maximum atomic E-state index is 11.2. The summed E-state index contributed by atoms with van der Waals surface area (Å²) in [6.45, 7) is 1.72. The zero-order valence-corrected chi connectivity index (χ0v) is 11.5. The third kappa shape index (κ3) is 2.56. The third-order valence-electron chi connectivity index (χ3n) is 3.10. The Bertz CT molecular complexity index is 725. The van der Waals surface area contributed by atoms with E-state index in [4.69, 9.17) is 4.55 Å². The molecule has 0 unspecified atom stereocenters. The first-order valence-corrected chi connectivity index (χ1v) is 7.11. The molecule has 0 aliphatic carbocycles. The molecule has 19 heavy (non-hydrogen) atoms. The first kappa shape index (κ1) is 13.8. The van der Waals surface area contributed by atoms with Gasteiger partial charge in [0.2, 0.25) is 0 Å². The fourth-order valence-electron chi connectivity index (χ4n) is 2.03. The summed E-state index contributed by atoms with van der Waals surface area (Å²) in [5, 5.41) is 10.7. The average Bonchev–Trinajstić information content (AvgIpc) is 2.37. The third-order valence-corrected chi connectivity index (χ3v) is 3.95. The molecule has 2 aromatic rings. The van der Waals surface area contributed by atoms with Crippen LogP contribution in [0.25, 0.3) is 10.8 Å². The lowest BCUT2D eigenvalue weighted by molar-refractivity contribution is 0.299. The number of anilines is 1. The molecule has 0 heterocycles. The van der Waals surface area contributed by atoms with Crippen molar-refractivity contribution in [2.45, 2.75) is 11.8 Å². The maximum absolute atomic E-state index is 11.2. The van der Waals surface area contributed by atoms with Gasteiger partial charge in [-0.3, -0.25) is 4.55 Å². The van der Waals surface area contributed by atoms with Gasteiger partial charge in [-0.25, -0.2) is 0 Å². The van der Waals surface area contributed by atoms with E-state index in [1.54, 1.807) is 18.0 Å². The zero-order valence-electron chi connectivity index (χ0n) is 10.7. The average molecular weight is 281 g/mol. The Morgan fingerprint density at radius 2 is 1.84 bits per heavy atom. The first-order chi connectivity index (χ1) is 8.84. The van der Waals surface area contributed by atoms with Crippen LogP contribution in [0.2, 0.25) is 0 Å². The van der Waals surface area contributed by atoms with E-state index in [1.807, 2.05) is 19.1 Å². The summed E-state index contributed by atoms with van der Waals surface area (Å²) in [4.78, 5) is 1.52. The Hall–Kier alpha value is -1.63. The molecule has 0 saturated carbocycles. The second-order valence-electron chi connectivity index (χ2n) is 4.42. The van der Waals surface area contributed by atoms with Crippen molar-refractivity contribution in [1.82, 2.24) is 0 Å². The fraction of sp³-hybridized carbons (Fsp3) is 0.231. The number of fused-ring (bicyclic) bond motifs is 1. The largest absolute Gasteiger partial charge is 0.376 e. The maximum Gasteiger partial charge on any atom is 0.294 e. The van der Waals surface area contributed by atoms with Crippen LogP contribution in [-0.2, 0) is 10.1 Å². The van der Waals surface area contributed by atoms with Crippen LogP contribution >= 0.6 is 0 Å². The van der Waals surface area contributed by atoms with E-state index in [9.17, 15) is 13.5 Å². The summed E-state index contributed by atoms with van der Waals surface area (Å²) in [6, 6.07) is 8.13. The van der Waals surface area contributed by atoms with Crippen LogP contribution in [-0.4, -0.2) is 31.9 Å². The highest BCUT2D eigenvalue weighted by molar-refractivity contribution is 7.85. The summed E-state index contributed by atoms with van der Waals surface area (Å²) < 4.78 is 31.4. The van der Waals surface area contributed by atoms with Crippen molar-refractivity contribution in [2.75, 3.05) is 18.7 Å². The summed E-state index contributed by atoms with van der Waals surface area (Å²) in [6.07, 6.45) is 0. The van der Waals surface area contributed by atoms with Crippen molar-refractivity contribution in [3.63, 3.8) is 0 Å². The molecule has 2 aromatic carbocycles. The number of nitrogens with zero attached hydrogens (tertiary/aromatic N) is 1. The van der Waals surface area contributed by atoms with E-state index in [-0.39, 0.29) is 11.6 Å². The highest BCUT2D eigenvalue weighted by Crippen LogP contribution is 2.30. The van der Waals surface area contributed by atoms with E-state index < -0.39 is 10.1 Å². The Labute approximate surface area is 111 Å². The number of rotatable bonds is 3. The minimum atomic E-state index is -4.21. The topological polar surface area (TPSA) is 77.8 Å². The molecule has 0 bridgehead atoms. The van der Waals surface area contributed by atoms with Crippen LogP contribution in [0.5, 0.6) is 0 Å². The van der Waals surface area contributed by atoms with Gasteiger partial charge in [-0.15, -0.1) is 0 Å². The molecule has 0 atom stereocenters. The number of aliphatic hydroxyl groups excluding tert-OH is 1. The van der Waals surface area contributed by atoms with Gasteiger partial charge in [-0.2, -0.15) is 8.42 Å². The van der Waals surface area contributed by atoms with E-state index in [0.717, 1.165) is 22.0 Å². The molecule has 0 aromatic heterocycles. The van der Waals surface area contributed by atoms with Gasteiger partial charge in [0.1, 0.15) is 6.73 Å². The standard InChI is InChI=1S/C13H15NO4S/c1-9-3-6-13(14(2)8-15)11-5-4-10(7-12(9)11)19(16,17)18/h3-7,15H,8H2,1-2H3,(H,16,17,18). The van der Waals surface area contributed by atoms with Gasteiger partial charge in [0.05, 0.1) is 4.90 Å². The van der Waals surface area contributed by atoms with E-state index in [0.29, 0.717) is 0 Å². The van der Waals surface area contributed by atoms with Gasteiger partial charge in [0, 0.05) is 18.1 Å². The lowest BCUT2D eigenvalue weighted by Gasteiger charge is -2.19. The van der Waals surface area contributed by atoms with Gasteiger partial charge in [-0.1, -0.05) is 12.1 Å². The molecular formula is C13H15NO4S. The van der Waals surface area contributed by atoms with Crippen molar-refractivity contribution in [1.29, 1.82) is 0 Å². The molecule has 6 heteroatoms. The molecule has 0 radical (unpaired) electrons. The smallest absolute Gasteiger partial charge is 0.294 e. The van der Waals surface area contributed by atoms with Crippen LogP contribution in [0.3, 0.4) is 0 Å². The Balaban J connectivity index is 2.77. The quantitative estimate of drug-likeness (QED) is 0.662. The second kappa shape index (κ2) is 4.80. The number of aryl methyl sites for hydroxylation is 1. The highest BCUT2D eigenvalue weighted by Gasteiger charge is 2.13. The predicted molar refractivity (Wildman–Crippen MR) is 74.0 cm³/mol. The number of benzene rings is 2. The van der Waals surface area contributed by atoms with Crippen molar-refractivity contribution >= 4 is 26.6 Å². The van der Waals surface area contributed by atoms with Gasteiger partial charge in [0.25, 0.3) is 10.1 Å². The predicted octanol–water partition coefficient (Wildman–Crippen LogP) is 1.78. The van der Waals surface area contributed by atoms with E-state index >= 15 is 0 Å². The monoisotopic (exact) mass is 281 g/mol. The Morgan fingerprint density at radius 3 is 2.42 bits per heavy atom. The van der Waals surface area contributed by atoms with Crippen molar-refractivity contribution < 1.29 is 18.1 Å². The van der Waals surface area contributed by atoms with Crippen LogP contribution < -0.4 is 4.90 Å². The Morgan fingerprint density at radius 1 is 1.16 bits per heavy atom. The summed E-state index contributed by atoms with van der Waals surface area (Å²) in [5.74, 6) is 0. The van der Waals surface area contributed by atoms with Crippen LogP contribution in [0.4, 0.5) is 5.69 Å². The zero-order chi connectivity index (χ0) is 14.2. The van der Waals surface area contributed by atoms with Gasteiger partial charge in [-0.05, 0) is 36.1 Å². The first-order valence-electron chi connectivity index (χ1n) is 5.67. The minimum absolute atomic E-state index is 0.132. The molecule has 102 valence electrons. The highest BCUT2D eigenvalue weighted by atomic mass is 32.2. The Kier molecular flexibility index (Phi) is 3.49. The number of hydrogen-bond acceptors (Lipinski definition) is 4. The molecule has 5 nitrogen and oxygen atoms in total. The van der Waals surface area contributed by atoms with Crippen molar-refractivity contribution in [2.24, 2.45) is 0 Å². The fourth-order valence-corrected chi connectivity index (χ4v) is 2.53. The molecule has 0 amide bonds. The summed E-state index contributed by atoms with van der Waals surface area (Å²) in [5.41, 5.74) is 1.69. The van der Waals surface area contributed by atoms with Crippen LogP contribution in [0, 0.1) is 6.92 Å². The summed E-state index contributed by atoms with van der Waals surface area (Å²) >= 11 is 0. The molecule has 0 fully saturated rings. The van der Waals surface area contributed by atoms with Crippen molar-refractivity contribution in [3.8, 4) is 0 Å². The normalized spacial score (nSPS) is 11.8. The van der Waals surface area contributed by atoms with Gasteiger partial charge < -0.3 is 10.0 Å². The lowest BCUT2D eigenvalue weighted by atomic mass is 10.0. The van der Waals surface area contributed by atoms with E-state index in [2.05, 4.69) is 0 Å². The van der Waals surface area contributed by atoms with Crippen molar-refractivity contribution in [3.05, 3.63) is 35.9 Å². The molecule has 0 aliphatic heterocycles. The lowest BCUT2D eigenvalue weighted by Crippen LogP contribution is -2.18. The number of hydrogen-bond donors (Lipinski definition) is 2.